The van der Waals surface area contributed by atoms with Crippen LogP contribution >= 0.6 is 0 Å². The molecule has 2 heterocycles. The molecule has 2 aromatic heterocycles. The summed E-state index contributed by atoms with van der Waals surface area (Å²) in [5.74, 6) is -3.47. The van der Waals surface area contributed by atoms with Gasteiger partial charge in [-0.15, -0.1) is 0 Å². The number of hydrogen-bond donors (Lipinski definition) is 2. The average molecular weight is 414 g/mol. The van der Waals surface area contributed by atoms with Crippen molar-refractivity contribution in [3.8, 4) is 5.69 Å². The highest BCUT2D eigenvalue weighted by Crippen LogP contribution is 2.19. The molecule has 0 atom stereocenters. The molecule has 0 radical (unpaired) electrons. The van der Waals surface area contributed by atoms with Crippen LogP contribution in [0.4, 0.5) is 18.9 Å². The molecule has 0 aliphatic rings. The van der Waals surface area contributed by atoms with Gasteiger partial charge in [0.05, 0.1) is 16.8 Å². The first kappa shape index (κ1) is 19.2. The first-order valence-corrected chi connectivity index (χ1v) is 8.63. The summed E-state index contributed by atoms with van der Waals surface area (Å²) in [6.07, 6.45) is 1.33. The number of aryl methyl sites for hydroxylation is 1. The highest BCUT2D eigenvalue weighted by molar-refractivity contribution is 6.11. The molecule has 4 aromatic rings. The van der Waals surface area contributed by atoms with Gasteiger partial charge in [-0.1, -0.05) is 0 Å². The minimum Gasteiger partial charge on any atom is -0.344 e. The molecule has 0 bridgehead atoms. The molecular formula is C20H13F3N4O3. The van der Waals surface area contributed by atoms with Crippen LogP contribution in [0.2, 0.25) is 0 Å². The number of fused-ring (bicyclic) bond motifs is 1. The van der Waals surface area contributed by atoms with Gasteiger partial charge in [-0.05, 0) is 36.4 Å². The number of anilines is 1. The van der Waals surface area contributed by atoms with E-state index in [0.717, 1.165) is 28.8 Å². The molecular weight excluding hydrogens is 401 g/mol. The van der Waals surface area contributed by atoms with Gasteiger partial charge in [0.25, 0.3) is 11.5 Å². The van der Waals surface area contributed by atoms with E-state index in [4.69, 9.17) is 0 Å². The lowest BCUT2D eigenvalue weighted by molar-refractivity contribution is 0.102. The second-order valence-corrected chi connectivity index (χ2v) is 6.51. The van der Waals surface area contributed by atoms with E-state index in [1.165, 1.54) is 36.0 Å². The summed E-state index contributed by atoms with van der Waals surface area (Å²) in [5.41, 5.74) is -1.43. The van der Waals surface area contributed by atoms with Gasteiger partial charge >= 0.3 is 5.69 Å². The third kappa shape index (κ3) is 3.17. The summed E-state index contributed by atoms with van der Waals surface area (Å²) in [4.78, 5) is 40.6. The summed E-state index contributed by atoms with van der Waals surface area (Å²) in [7, 11) is 1.51. The maximum absolute atomic E-state index is 13.4. The van der Waals surface area contributed by atoms with Crippen molar-refractivity contribution in [2.24, 2.45) is 7.05 Å². The minimum atomic E-state index is -1.14. The number of hydrogen-bond acceptors (Lipinski definition) is 3. The zero-order valence-electron chi connectivity index (χ0n) is 15.4. The fourth-order valence-corrected chi connectivity index (χ4v) is 3.14. The molecule has 7 nitrogen and oxygen atoms in total. The van der Waals surface area contributed by atoms with Crippen LogP contribution in [0.15, 0.2) is 58.3 Å². The maximum Gasteiger partial charge on any atom is 0.333 e. The highest BCUT2D eigenvalue weighted by atomic mass is 19.2. The van der Waals surface area contributed by atoms with E-state index < -0.39 is 34.6 Å². The normalized spacial score (nSPS) is 11.1. The molecule has 30 heavy (non-hydrogen) atoms. The van der Waals surface area contributed by atoms with Crippen LogP contribution in [0.1, 0.15) is 10.4 Å². The molecule has 2 N–H and O–H groups in total. The number of aromatic amines is 1. The topological polar surface area (TPSA) is 88.9 Å². The number of carbonyl (C=O) groups excluding carboxylic acids is 1. The van der Waals surface area contributed by atoms with Crippen molar-refractivity contribution < 1.29 is 18.0 Å². The lowest BCUT2D eigenvalue weighted by Crippen LogP contribution is -2.34. The Bertz CT molecular complexity index is 1420. The molecule has 2 aromatic carbocycles. The third-order valence-electron chi connectivity index (χ3n) is 4.53. The lowest BCUT2D eigenvalue weighted by atomic mass is 10.2. The fraction of sp³-hybridized carbons (Fsp3) is 0.0500. The quantitative estimate of drug-likeness (QED) is 0.540. The maximum atomic E-state index is 13.4. The molecule has 4 rings (SSSR count). The van der Waals surface area contributed by atoms with Gasteiger partial charge in [0.1, 0.15) is 11.3 Å². The van der Waals surface area contributed by atoms with Gasteiger partial charge in [-0.3, -0.25) is 9.59 Å². The van der Waals surface area contributed by atoms with Crippen molar-refractivity contribution in [2.75, 3.05) is 5.32 Å². The van der Waals surface area contributed by atoms with E-state index >= 15 is 0 Å². The van der Waals surface area contributed by atoms with Gasteiger partial charge in [0.2, 0.25) is 0 Å². The Kier molecular flexibility index (Phi) is 4.53. The predicted octanol–water partition coefficient (Wildman–Crippen LogP) is 2.69. The zero-order valence-corrected chi connectivity index (χ0v) is 15.4. The third-order valence-corrected chi connectivity index (χ3v) is 4.53. The number of rotatable bonds is 3. The van der Waals surface area contributed by atoms with Crippen molar-refractivity contribution >= 4 is 22.6 Å². The largest absolute Gasteiger partial charge is 0.344 e. The number of aromatic nitrogens is 3. The predicted molar refractivity (Wildman–Crippen MR) is 103 cm³/mol. The molecule has 0 aliphatic heterocycles. The van der Waals surface area contributed by atoms with Crippen molar-refractivity contribution in [2.45, 2.75) is 0 Å². The van der Waals surface area contributed by atoms with Crippen molar-refractivity contribution in [1.29, 1.82) is 0 Å². The van der Waals surface area contributed by atoms with E-state index in [1.807, 2.05) is 0 Å². The summed E-state index contributed by atoms with van der Waals surface area (Å²) >= 11 is 0. The number of amides is 1. The number of carbonyl (C=O) groups is 1. The van der Waals surface area contributed by atoms with E-state index in [9.17, 15) is 27.6 Å². The Hall–Kier alpha value is -4.08. The Balaban J connectivity index is 1.82. The standard InChI is InChI=1S/C20H13F3N4O3/c1-26-9-13(18(28)24-11-4-7-14(22)15(23)8-11)16-17(26)19(29)27(20(30)25-16)12-5-2-10(21)3-6-12/h2-9H,1H3,(H,24,28)(H,25,30). The Morgan fingerprint density at radius 1 is 1.00 bits per heavy atom. The molecule has 1 amide bonds. The number of halogens is 3. The number of benzene rings is 2. The van der Waals surface area contributed by atoms with E-state index in [-0.39, 0.29) is 28.0 Å². The van der Waals surface area contributed by atoms with Crippen LogP contribution in [-0.2, 0) is 7.05 Å². The monoisotopic (exact) mass is 414 g/mol. The lowest BCUT2D eigenvalue weighted by Gasteiger charge is -2.07. The number of nitrogens with zero attached hydrogens (tertiary/aromatic N) is 2. The molecule has 0 spiro atoms. The van der Waals surface area contributed by atoms with Crippen LogP contribution in [0.5, 0.6) is 0 Å². The van der Waals surface area contributed by atoms with Gasteiger partial charge in [-0.25, -0.2) is 22.5 Å². The first-order chi connectivity index (χ1) is 14.3. The van der Waals surface area contributed by atoms with Crippen LogP contribution in [-0.4, -0.2) is 20.0 Å². The average Bonchev–Trinajstić information content (AvgIpc) is 3.02. The molecule has 0 saturated carbocycles. The van der Waals surface area contributed by atoms with Crippen molar-refractivity contribution in [3.63, 3.8) is 0 Å². The summed E-state index contributed by atoms with van der Waals surface area (Å²) in [6.45, 7) is 0. The van der Waals surface area contributed by atoms with Crippen molar-refractivity contribution in [3.05, 3.63) is 92.5 Å². The van der Waals surface area contributed by atoms with Crippen molar-refractivity contribution in [1.82, 2.24) is 14.1 Å². The van der Waals surface area contributed by atoms with Crippen LogP contribution < -0.4 is 16.6 Å². The Labute approximate surface area is 166 Å². The summed E-state index contributed by atoms with van der Waals surface area (Å²) in [6, 6.07) is 7.61. The molecule has 0 saturated heterocycles. The van der Waals surface area contributed by atoms with Gasteiger partial charge in [-0.2, -0.15) is 0 Å². The number of H-pyrrole nitrogens is 1. The zero-order chi connectivity index (χ0) is 21.6. The van der Waals surface area contributed by atoms with Crippen LogP contribution in [0, 0.1) is 17.5 Å². The second-order valence-electron chi connectivity index (χ2n) is 6.51. The van der Waals surface area contributed by atoms with Crippen LogP contribution in [0.25, 0.3) is 16.7 Å². The summed E-state index contributed by atoms with van der Waals surface area (Å²) in [5, 5.41) is 2.39. The van der Waals surface area contributed by atoms with Gasteiger partial charge < -0.3 is 14.9 Å². The SMILES string of the molecule is Cn1cc(C(=O)Nc2ccc(F)c(F)c2)c2[nH]c(=O)n(-c3ccc(F)cc3)c(=O)c21. The molecule has 0 unspecified atom stereocenters. The highest BCUT2D eigenvalue weighted by Gasteiger charge is 2.20. The van der Waals surface area contributed by atoms with Gasteiger partial charge in [0.15, 0.2) is 11.6 Å². The first-order valence-electron chi connectivity index (χ1n) is 8.63. The minimum absolute atomic E-state index is 0.00194. The summed E-state index contributed by atoms with van der Waals surface area (Å²) < 4.78 is 41.8. The van der Waals surface area contributed by atoms with Gasteiger partial charge in [0, 0.05) is 25.0 Å². The molecule has 10 heteroatoms. The van der Waals surface area contributed by atoms with E-state index in [2.05, 4.69) is 10.3 Å². The van der Waals surface area contributed by atoms with E-state index in [0.29, 0.717) is 0 Å². The van der Waals surface area contributed by atoms with E-state index in [1.54, 1.807) is 0 Å². The number of nitrogens with one attached hydrogen (secondary N) is 2. The Morgan fingerprint density at radius 3 is 2.37 bits per heavy atom. The van der Waals surface area contributed by atoms with Crippen LogP contribution in [0.3, 0.4) is 0 Å². The second kappa shape index (κ2) is 7.07. The Morgan fingerprint density at radius 2 is 1.70 bits per heavy atom. The molecule has 0 fully saturated rings. The molecule has 0 aliphatic carbocycles. The fourth-order valence-electron chi connectivity index (χ4n) is 3.14. The molecule has 152 valence electrons. The smallest absolute Gasteiger partial charge is 0.333 e.